The monoisotopic (exact) mass is 595 g/mol. The first-order chi connectivity index (χ1) is 16.2. The average Bonchev–Trinajstić information content (AvgIpc) is 2.68. The Morgan fingerprint density at radius 2 is 1.42 bits per heavy atom. The molecule has 2 fully saturated rings. The highest BCUT2D eigenvalue weighted by molar-refractivity contribution is 7.83. The van der Waals surface area contributed by atoms with Crippen LogP contribution >= 0.6 is 0 Å². The molecule has 0 saturated carbocycles. The minimum Gasteiger partial charge on any atom is -0.479 e. The predicted molar refractivity (Wildman–Crippen MR) is 102 cm³/mol. The van der Waals surface area contributed by atoms with Gasteiger partial charge >= 0.3 is 37.1 Å². The molecular weight excluding hydrogens is 574 g/mol. The van der Waals surface area contributed by atoms with Crippen molar-refractivity contribution in [3.63, 3.8) is 0 Å². The van der Waals surface area contributed by atoms with Crippen LogP contribution in [0.5, 0.6) is 0 Å². The lowest BCUT2D eigenvalue weighted by Crippen LogP contribution is -2.67. The number of aliphatic carboxylic acids is 1. The van der Waals surface area contributed by atoms with Gasteiger partial charge in [0.15, 0.2) is 24.8 Å². The molecule has 0 aromatic heterocycles. The highest BCUT2D eigenvalue weighted by Gasteiger charge is 2.54. The summed E-state index contributed by atoms with van der Waals surface area (Å²) in [4.78, 5) is 11.3. The molecular formula is C12H21NO20S3. The number of ether oxygens (including phenoxy) is 3. The van der Waals surface area contributed by atoms with E-state index in [-0.39, 0.29) is 0 Å². The summed E-state index contributed by atoms with van der Waals surface area (Å²) in [6, 6.07) is -2.19. The summed E-state index contributed by atoms with van der Waals surface area (Å²) in [5.41, 5.74) is 0. The summed E-state index contributed by atoms with van der Waals surface area (Å²) in [6.45, 7) is -1.29. The van der Waals surface area contributed by atoms with Crippen LogP contribution in [0, 0.1) is 0 Å². The molecule has 0 aromatic carbocycles. The number of aliphatic hydroxyl groups is 4. The summed E-state index contributed by atoms with van der Waals surface area (Å²) in [7, 11) is -15.8. The zero-order chi connectivity index (χ0) is 27.8. The lowest BCUT2D eigenvalue weighted by molar-refractivity contribution is -0.336. The van der Waals surface area contributed by atoms with E-state index in [9.17, 15) is 50.5 Å². The fourth-order valence-corrected chi connectivity index (χ4v) is 4.63. The number of carboxylic acids is 1. The van der Waals surface area contributed by atoms with Gasteiger partial charge in [0, 0.05) is 0 Å². The molecule has 2 rings (SSSR count). The van der Waals surface area contributed by atoms with Gasteiger partial charge in [-0.1, -0.05) is 0 Å². The van der Waals surface area contributed by atoms with Crippen LogP contribution < -0.4 is 4.72 Å². The smallest absolute Gasteiger partial charge is 0.397 e. The van der Waals surface area contributed by atoms with Gasteiger partial charge in [0.25, 0.3) is 0 Å². The van der Waals surface area contributed by atoms with E-state index in [2.05, 4.69) is 8.37 Å². The zero-order valence-electron chi connectivity index (χ0n) is 17.2. The first kappa shape index (κ1) is 31.0. The minimum atomic E-state index is -5.47. The number of rotatable bonds is 10. The minimum absolute atomic E-state index is 1.29. The highest BCUT2D eigenvalue weighted by atomic mass is 32.3. The number of carboxylic acid groups (broad SMARTS) is 1. The Hall–Kier alpha value is -1.20. The topological polar surface area (TPSA) is 340 Å². The Morgan fingerprint density at radius 1 is 0.833 bits per heavy atom. The molecule has 0 radical (unpaired) electrons. The Morgan fingerprint density at radius 3 is 1.89 bits per heavy atom. The summed E-state index contributed by atoms with van der Waals surface area (Å²) in [5, 5.41) is 49.7. The standard InChI is InChI=1S/C12H21NO20S3/c14-4-3(13-34(20,21)22)11(19)30-2(1-29-35(23,24)25)7(4)31-12-9(33-36(26,27)28)6(16)5(15)8(32-12)10(17)18/h2-9,11-16,19H,1H2,(H,17,18)(H,20,21,22)(H,23,24,25)(H,26,27,28)/t2-,3-,4-,5+,6+,7-,8-,9+,11+,12-/m1/s1. The number of aliphatic hydroxyl groups excluding tert-OH is 4. The van der Waals surface area contributed by atoms with Crippen molar-refractivity contribution in [1.29, 1.82) is 0 Å². The second-order valence-electron chi connectivity index (χ2n) is 7.22. The molecule has 212 valence electrons. The first-order valence-corrected chi connectivity index (χ1v) is 13.3. The first-order valence-electron chi connectivity index (χ1n) is 9.14. The van der Waals surface area contributed by atoms with Gasteiger partial charge in [-0.05, 0) is 0 Å². The van der Waals surface area contributed by atoms with Gasteiger partial charge in [-0.3, -0.25) is 13.7 Å². The molecule has 24 heteroatoms. The highest BCUT2D eigenvalue weighted by Crippen LogP contribution is 2.31. The Balaban J connectivity index is 2.46. The molecule has 9 N–H and O–H groups in total. The van der Waals surface area contributed by atoms with Crippen LogP contribution in [-0.4, -0.2) is 138 Å². The molecule has 36 heavy (non-hydrogen) atoms. The van der Waals surface area contributed by atoms with Gasteiger partial charge < -0.3 is 39.7 Å². The number of carbonyl (C=O) groups is 1. The fourth-order valence-electron chi connectivity index (χ4n) is 3.24. The van der Waals surface area contributed by atoms with Crippen molar-refractivity contribution in [2.24, 2.45) is 0 Å². The van der Waals surface area contributed by atoms with E-state index in [1.807, 2.05) is 0 Å². The zero-order valence-corrected chi connectivity index (χ0v) is 19.6. The summed E-state index contributed by atoms with van der Waals surface area (Å²) < 4.78 is 118. The van der Waals surface area contributed by atoms with E-state index < -0.39 is 105 Å². The van der Waals surface area contributed by atoms with Crippen LogP contribution in [0.25, 0.3) is 0 Å². The van der Waals surface area contributed by atoms with Crippen molar-refractivity contribution in [2.45, 2.75) is 61.3 Å². The van der Waals surface area contributed by atoms with Crippen LogP contribution in [0.4, 0.5) is 0 Å². The van der Waals surface area contributed by atoms with Gasteiger partial charge in [-0.2, -0.15) is 30.0 Å². The predicted octanol–water partition coefficient (Wildman–Crippen LogP) is -6.25. The van der Waals surface area contributed by atoms with E-state index in [0.717, 1.165) is 0 Å². The molecule has 2 aliphatic rings. The third-order valence-corrected chi connectivity index (χ3v) is 6.14. The summed E-state index contributed by atoms with van der Waals surface area (Å²) in [6.07, 6.45) is -21.1. The van der Waals surface area contributed by atoms with Gasteiger partial charge in [0.05, 0.1) is 6.61 Å². The van der Waals surface area contributed by atoms with Crippen LogP contribution in [0.3, 0.4) is 0 Å². The van der Waals surface area contributed by atoms with Crippen LogP contribution in [0.2, 0.25) is 0 Å². The molecule has 0 unspecified atom stereocenters. The average molecular weight is 595 g/mol. The normalized spacial score (nSPS) is 38.5. The number of nitrogens with one attached hydrogen (secondary N) is 1. The van der Waals surface area contributed by atoms with Gasteiger partial charge in [-0.25, -0.2) is 13.2 Å². The third-order valence-electron chi connectivity index (χ3n) is 4.67. The SMILES string of the molecule is O=C(O)[C@@H]1O[C@@H](O[C@H]2[C@H](O)[C@@H](NS(=O)(=O)O)[C@@H](O)O[C@@H]2COS(=O)(=O)O)[C@@H](OS(=O)(=O)O)[C@@H](O)[C@@H]1O. The maximum absolute atomic E-state index is 11.3. The second-order valence-corrected chi connectivity index (χ2v) is 10.5. The molecule has 21 nitrogen and oxygen atoms in total. The van der Waals surface area contributed by atoms with Crippen LogP contribution in [-0.2, 0) is 58.5 Å². The molecule has 0 amide bonds. The lowest BCUT2D eigenvalue weighted by atomic mass is 9.96. The quantitative estimate of drug-likeness (QED) is 0.106. The van der Waals surface area contributed by atoms with Crippen molar-refractivity contribution in [1.82, 2.24) is 4.72 Å². The molecule has 0 aliphatic carbocycles. The number of hydrogen-bond acceptors (Lipinski definition) is 16. The number of hydrogen-bond donors (Lipinski definition) is 9. The second kappa shape index (κ2) is 11.3. The molecule has 0 spiro atoms. The van der Waals surface area contributed by atoms with E-state index in [4.69, 9.17) is 33.0 Å². The largest absolute Gasteiger partial charge is 0.479 e. The van der Waals surface area contributed by atoms with Crippen molar-refractivity contribution < 1.29 is 91.8 Å². The van der Waals surface area contributed by atoms with E-state index >= 15 is 0 Å². The van der Waals surface area contributed by atoms with Crippen LogP contribution in [0.15, 0.2) is 0 Å². The van der Waals surface area contributed by atoms with Gasteiger partial charge in [0.2, 0.25) is 0 Å². The Labute approximate surface area is 201 Å². The van der Waals surface area contributed by atoms with E-state index in [1.54, 1.807) is 0 Å². The Bertz CT molecular complexity index is 1100. The Kier molecular flexibility index (Phi) is 9.71. The fraction of sp³-hybridized carbons (Fsp3) is 0.917. The maximum Gasteiger partial charge on any atom is 0.397 e. The van der Waals surface area contributed by atoms with Gasteiger partial charge in [-0.15, -0.1) is 0 Å². The molecule has 2 aliphatic heterocycles. The third kappa shape index (κ3) is 8.41. The molecule has 2 saturated heterocycles. The molecule has 0 aromatic rings. The molecule has 2 heterocycles. The van der Waals surface area contributed by atoms with Crippen molar-refractivity contribution in [3.05, 3.63) is 0 Å². The molecule has 10 atom stereocenters. The lowest BCUT2D eigenvalue weighted by Gasteiger charge is -2.46. The summed E-state index contributed by atoms with van der Waals surface area (Å²) in [5.74, 6) is -1.94. The van der Waals surface area contributed by atoms with E-state index in [0.29, 0.717) is 0 Å². The van der Waals surface area contributed by atoms with Crippen molar-refractivity contribution >= 4 is 37.1 Å². The molecule has 0 bridgehead atoms. The van der Waals surface area contributed by atoms with Crippen LogP contribution in [0.1, 0.15) is 0 Å². The summed E-state index contributed by atoms with van der Waals surface area (Å²) >= 11 is 0. The van der Waals surface area contributed by atoms with Gasteiger partial charge in [0.1, 0.15) is 36.6 Å². The van der Waals surface area contributed by atoms with Crippen molar-refractivity contribution in [3.8, 4) is 0 Å². The van der Waals surface area contributed by atoms with Crippen molar-refractivity contribution in [2.75, 3.05) is 6.61 Å². The van der Waals surface area contributed by atoms with E-state index in [1.165, 1.54) is 4.72 Å². The maximum atomic E-state index is 11.3.